The summed E-state index contributed by atoms with van der Waals surface area (Å²) in [6.45, 7) is 13.1. The molecule has 1 unspecified atom stereocenters. The fourth-order valence-corrected chi connectivity index (χ4v) is 2.26. The predicted molar refractivity (Wildman–Crippen MR) is 66.9 cm³/mol. The molecule has 1 aliphatic carbocycles. The smallest absolute Gasteiger partial charge is 0.227 e. The lowest BCUT2D eigenvalue weighted by Crippen LogP contribution is -2.45. The van der Waals surface area contributed by atoms with Crippen LogP contribution >= 0.6 is 0 Å². The van der Waals surface area contributed by atoms with Crippen molar-refractivity contribution in [1.82, 2.24) is 5.32 Å². The zero-order valence-electron chi connectivity index (χ0n) is 11.5. The second kappa shape index (κ2) is 3.73. The van der Waals surface area contributed by atoms with Gasteiger partial charge in [-0.15, -0.1) is 0 Å². The van der Waals surface area contributed by atoms with Crippen LogP contribution in [0.3, 0.4) is 0 Å². The highest BCUT2D eigenvalue weighted by Gasteiger charge is 2.65. The van der Waals surface area contributed by atoms with Gasteiger partial charge in [-0.2, -0.15) is 0 Å². The topological polar surface area (TPSA) is 55.1 Å². The maximum atomic E-state index is 12.2. The molecule has 0 aliphatic heterocycles. The molecule has 0 aromatic heterocycles. The van der Waals surface area contributed by atoms with E-state index in [2.05, 4.69) is 33.0 Å². The van der Waals surface area contributed by atoms with Crippen molar-refractivity contribution in [3.8, 4) is 0 Å². The Balaban J connectivity index is 2.68. The molecule has 1 atom stereocenters. The normalized spacial score (nSPS) is 25.9. The molecule has 0 aromatic carbocycles. The van der Waals surface area contributed by atoms with Crippen LogP contribution < -0.4 is 11.1 Å². The molecule has 0 spiro atoms. The van der Waals surface area contributed by atoms with Gasteiger partial charge in [-0.3, -0.25) is 4.79 Å². The summed E-state index contributed by atoms with van der Waals surface area (Å²) in [5.74, 6) is 0.0983. The van der Waals surface area contributed by atoms with Gasteiger partial charge in [-0.1, -0.05) is 34.6 Å². The molecule has 1 saturated carbocycles. The van der Waals surface area contributed by atoms with Crippen LogP contribution in [-0.2, 0) is 4.79 Å². The molecule has 0 saturated heterocycles. The van der Waals surface area contributed by atoms with Crippen LogP contribution in [0.2, 0.25) is 0 Å². The molecule has 3 N–H and O–H groups in total. The van der Waals surface area contributed by atoms with Gasteiger partial charge in [0.15, 0.2) is 0 Å². The van der Waals surface area contributed by atoms with Crippen LogP contribution in [0.1, 0.15) is 48.0 Å². The lowest BCUT2D eigenvalue weighted by molar-refractivity contribution is -0.130. The highest BCUT2D eigenvalue weighted by molar-refractivity contribution is 5.83. The lowest BCUT2D eigenvalue weighted by atomic mass is 9.86. The van der Waals surface area contributed by atoms with Crippen molar-refractivity contribution < 1.29 is 4.79 Å². The number of nitrogens with one attached hydrogen (secondary N) is 1. The third kappa shape index (κ3) is 1.75. The Morgan fingerprint density at radius 1 is 1.31 bits per heavy atom. The van der Waals surface area contributed by atoms with Crippen molar-refractivity contribution in [2.75, 3.05) is 6.54 Å². The summed E-state index contributed by atoms with van der Waals surface area (Å²) >= 11 is 0. The van der Waals surface area contributed by atoms with Gasteiger partial charge in [0.05, 0.1) is 5.41 Å². The minimum absolute atomic E-state index is 0.0983. The van der Waals surface area contributed by atoms with E-state index in [4.69, 9.17) is 5.73 Å². The molecule has 0 aromatic rings. The molecule has 3 heteroatoms. The van der Waals surface area contributed by atoms with E-state index in [9.17, 15) is 4.79 Å². The van der Waals surface area contributed by atoms with Gasteiger partial charge in [0.25, 0.3) is 0 Å². The Kier molecular flexibility index (Phi) is 3.14. The third-order valence-corrected chi connectivity index (χ3v) is 5.08. The molecule has 1 amide bonds. The number of carbonyl (C=O) groups excluding carboxylic acids is 1. The zero-order valence-corrected chi connectivity index (χ0v) is 11.5. The fraction of sp³-hybridized carbons (Fsp3) is 0.923. The maximum Gasteiger partial charge on any atom is 0.227 e. The Morgan fingerprint density at radius 3 is 2.00 bits per heavy atom. The SMILES string of the molecule is CCC(C)(CN)C(=O)NC1C(C)(C)C1(C)C. The standard InChI is InChI=1S/C13H26N2O/c1-7-13(6,8-14)10(16)15-9-11(2,3)12(9,4)5/h9H,7-8,14H2,1-6H3,(H,15,16). The summed E-state index contributed by atoms with van der Waals surface area (Å²) in [4.78, 5) is 12.2. The quantitative estimate of drug-likeness (QED) is 0.769. The van der Waals surface area contributed by atoms with Gasteiger partial charge in [0, 0.05) is 12.6 Å². The molecule has 1 aliphatic rings. The molecular formula is C13H26N2O. The first-order valence-corrected chi connectivity index (χ1v) is 6.14. The molecule has 0 heterocycles. The average molecular weight is 226 g/mol. The van der Waals surface area contributed by atoms with Crippen molar-refractivity contribution in [2.45, 2.75) is 54.0 Å². The summed E-state index contributed by atoms with van der Waals surface area (Å²) in [6, 6.07) is 0.268. The summed E-state index contributed by atoms with van der Waals surface area (Å²) < 4.78 is 0. The van der Waals surface area contributed by atoms with Crippen molar-refractivity contribution >= 4 is 5.91 Å². The van der Waals surface area contributed by atoms with E-state index in [0.717, 1.165) is 6.42 Å². The van der Waals surface area contributed by atoms with Crippen molar-refractivity contribution in [3.63, 3.8) is 0 Å². The second-order valence-corrected chi connectivity index (χ2v) is 6.47. The second-order valence-electron chi connectivity index (χ2n) is 6.47. The molecule has 16 heavy (non-hydrogen) atoms. The van der Waals surface area contributed by atoms with E-state index in [-0.39, 0.29) is 22.8 Å². The minimum atomic E-state index is -0.422. The minimum Gasteiger partial charge on any atom is -0.352 e. The molecule has 3 nitrogen and oxygen atoms in total. The van der Waals surface area contributed by atoms with Crippen LogP contribution in [0.5, 0.6) is 0 Å². The first-order chi connectivity index (χ1) is 7.13. The lowest BCUT2D eigenvalue weighted by Gasteiger charge is -2.25. The number of rotatable bonds is 4. The van der Waals surface area contributed by atoms with E-state index < -0.39 is 5.41 Å². The van der Waals surface area contributed by atoms with Crippen molar-refractivity contribution in [1.29, 1.82) is 0 Å². The molecule has 0 radical (unpaired) electrons. The monoisotopic (exact) mass is 226 g/mol. The van der Waals surface area contributed by atoms with Gasteiger partial charge in [0.1, 0.15) is 0 Å². The Bertz CT molecular complexity index is 276. The molecular weight excluding hydrogens is 200 g/mol. The largest absolute Gasteiger partial charge is 0.352 e. The number of hydrogen-bond donors (Lipinski definition) is 2. The third-order valence-electron chi connectivity index (χ3n) is 5.08. The molecule has 1 rings (SSSR count). The van der Waals surface area contributed by atoms with E-state index in [1.807, 2.05) is 13.8 Å². The predicted octanol–water partition coefficient (Wildman–Crippen LogP) is 1.91. The molecule has 0 bridgehead atoms. The molecule has 94 valence electrons. The number of carbonyl (C=O) groups is 1. The maximum absolute atomic E-state index is 12.2. The van der Waals surface area contributed by atoms with E-state index in [0.29, 0.717) is 6.54 Å². The van der Waals surface area contributed by atoms with E-state index >= 15 is 0 Å². The fourth-order valence-electron chi connectivity index (χ4n) is 2.26. The average Bonchev–Trinajstić information content (AvgIpc) is 2.59. The highest BCUT2D eigenvalue weighted by atomic mass is 16.2. The van der Waals surface area contributed by atoms with Crippen LogP contribution in [0.15, 0.2) is 0 Å². The summed E-state index contributed by atoms with van der Waals surface area (Å²) in [5.41, 5.74) is 5.64. The van der Waals surface area contributed by atoms with Crippen LogP contribution in [0.4, 0.5) is 0 Å². The van der Waals surface area contributed by atoms with Gasteiger partial charge >= 0.3 is 0 Å². The van der Waals surface area contributed by atoms with Crippen molar-refractivity contribution in [3.05, 3.63) is 0 Å². The summed E-state index contributed by atoms with van der Waals surface area (Å²) in [7, 11) is 0. The summed E-state index contributed by atoms with van der Waals surface area (Å²) in [5, 5.41) is 3.16. The van der Waals surface area contributed by atoms with Crippen molar-refractivity contribution in [2.24, 2.45) is 22.0 Å². The van der Waals surface area contributed by atoms with E-state index in [1.54, 1.807) is 0 Å². The number of hydrogen-bond acceptors (Lipinski definition) is 2. The number of amides is 1. The van der Waals surface area contributed by atoms with Gasteiger partial charge < -0.3 is 11.1 Å². The molecule has 1 fully saturated rings. The first kappa shape index (κ1) is 13.5. The Labute approximate surface area is 99.2 Å². The number of nitrogens with two attached hydrogens (primary N) is 1. The van der Waals surface area contributed by atoms with Gasteiger partial charge in [0.2, 0.25) is 5.91 Å². The van der Waals surface area contributed by atoms with Gasteiger partial charge in [-0.25, -0.2) is 0 Å². The van der Waals surface area contributed by atoms with Crippen LogP contribution in [-0.4, -0.2) is 18.5 Å². The Morgan fingerprint density at radius 2 is 1.75 bits per heavy atom. The van der Waals surface area contributed by atoms with Crippen LogP contribution in [0.25, 0.3) is 0 Å². The van der Waals surface area contributed by atoms with E-state index in [1.165, 1.54) is 0 Å². The van der Waals surface area contributed by atoms with Gasteiger partial charge in [-0.05, 0) is 24.2 Å². The van der Waals surface area contributed by atoms with Crippen LogP contribution in [0, 0.1) is 16.2 Å². The zero-order chi connectivity index (χ0) is 12.8. The first-order valence-electron chi connectivity index (χ1n) is 6.14. The highest BCUT2D eigenvalue weighted by Crippen LogP contribution is 2.62. The summed E-state index contributed by atoms with van der Waals surface area (Å²) in [6.07, 6.45) is 0.781. The Hall–Kier alpha value is -0.570.